The van der Waals surface area contributed by atoms with Crippen LogP contribution in [0.5, 0.6) is 17.2 Å². The van der Waals surface area contributed by atoms with Crippen molar-refractivity contribution in [1.29, 1.82) is 0 Å². The molecule has 0 aromatic heterocycles. The second-order valence-corrected chi connectivity index (χ2v) is 8.19. The number of esters is 1. The average molecular weight is 463 g/mol. The molecule has 0 saturated heterocycles. The molecule has 3 aromatic carbocycles. The molecule has 0 aliphatic heterocycles. The van der Waals surface area contributed by atoms with Crippen LogP contribution in [-0.4, -0.2) is 32.4 Å². The van der Waals surface area contributed by atoms with E-state index in [1.54, 1.807) is 36.4 Å². The maximum atomic E-state index is 12.5. The molecule has 0 saturated carbocycles. The summed E-state index contributed by atoms with van der Waals surface area (Å²) in [6.45, 7) is 8.99. The summed E-state index contributed by atoms with van der Waals surface area (Å²) in [7, 11) is 0. The van der Waals surface area contributed by atoms with Crippen LogP contribution in [0.2, 0.25) is 0 Å². The predicted molar refractivity (Wildman–Crippen MR) is 135 cm³/mol. The van der Waals surface area contributed by atoms with Crippen LogP contribution in [-0.2, 0) is 4.74 Å². The number of benzene rings is 3. The van der Waals surface area contributed by atoms with E-state index in [1.165, 1.54) is 0 Å². The quantitative estimate of drug-likeness (QED) is 0.159. The van der Waals surface area contributed by atoms with E-state index >= 15 is 0 Å². The monoisotopic (exact) mass is 462 g/mol. The second-order valence-electron chi connectivity index (χ2n) is 8.19. The minimum absolute atomic E-state index is 0.404. The van der Waals surface area contributed by atoms with Crippen molar-refractivity contribution >= 4 is 5.97 Å². The fraction of sp³-hybridized carbons (Fsp3) is 0.345. The van der Waals surface area contributed by atoms with Gasteiger partial charge < -0.3 is 18.9 Å². The van der Waals surface area contributed by atoms with Crippen molar-refractivity contribution in [3.05, 3.63) is 78.4 Å². The molecule has 1 atom stereocenters. The van der Waals surface area contributed by atoms with Crippen LogP contribution in [0, 0.1) is 5.92 Å². The fourth-order valence-corrected chi connectivity index (χ4v) is 3.16. The van der Waals surface area contributed by atoms with Crippen LogP contribution in [0.25, 0.3) is 11.1 Å². The molecule has 34 heavy (non-hydrogen) atoms. The van der Waals surface area contributed by atoms with Crippen molar-refractivity contribution in [3.8, 4) is 28.4 Å². The van der Waals surface area contributed by atoms with E-state index in [0.29, 0.717) is 42.8 Å². The highest BCUT2D eigenvalue weighted by Crippen LogP contribution is 2.25. The van der Waals surface area contributed by atoms with Gasteiger partial charge in [0.25, 0.3) is 0 Å². The van der Waals surface area contributed by atoms with Gasteiger partial charge in [0.1, 0.15) is 17.2 Å². The van der Waals surface area contributed by atoms with Gasteiger partial charge in [-0.3, -0.25) is 0 Å². The van der Waals surface area contributed by atoms with Gasteiger partial charge in [0.15, 0.2) is 0 Å². The molecule has 0 N–H and O–H groups in total. The van der Waals surface area contributed by atoms with E-state index in [1.807, 2.05) is 43.3 Å². The second kappa shape index (κ2) is 13.4. The summed E-state index contributed by atoms with van der Waals surface area (Å²) in [5, 5.41) is 0. The molecule has 3 rings (SSSR count). The van der Waals surface area contributed by atoms with Crippen LogP contribution >= 0.6 is 0 Å². The molecule has 0 aliphatic carbocycles. The number of ether oxygens (including phenoxy) is 4. The molecule has 0 bridgehead atoms. The number of hydrogen-bond acceptors (Lipinski definition) is 5. The first-order chi connectivity index (χ1) is 16.6. The van der Waals surface area contributed by atoms with E-state index in [9.17, 15) is 4.79 Å². The lowest BCUT2D eigenvalue weighted by Gasteiger charge is -2.11. The molecule has 3 aromatic rings. The molecule has 0 spiro atoms. The summed E-state index contributed by atoms with van der Waals surface area (Å²) in [5.74, 6) is 2.22. The van der Waals surface area contributed by atoms with Gasteiger partial charge in [-0.1, -0.05) is 44.5 Å². The number of carbonyl (C=O) groups is 1. The smallest absolute Gasteiger partial charge is 0.343 e. The first-order valence-corrected chi connectivity index (χ1v) is 11.9. The minimum Gasteiger partial charge on any atom is -0.494 e. The Kier molecular flexibility index (Phi) is 9.98. The van der Waals surface area contributed by atoms with Gasteiger partial charge in [-0.05, 0) is 72.5 Å². The van der Waals surface area contributed by atoms with Crippen molar-refractivity contribution in [2.75, 3.05) is 26.4 Å². The third-order valence-electron chi connectivity index (χ3n) is 5.48. The van der Waals surface area contributed by atoms with Gasteiger partial charge in [0, 0.05) is 19.6 Å². The Morgan fingerprint density at radius 2 is 1.29 bits per heavy atom. The molecule has 5 nitrogen and oxygen atoms in total. The molecule has 180 valence electrons. The van der Waals surface area contributed by atoms with E-state index in [2.05, 4.69) is 13.8 Å². The van der Waals surface area contributed by atoms with Crippen molar-refractivity contribution < 1.29 is 23.7 Å². The lowest BCUT2D eigenvalue weighted by molar-refractivity contribution is 0.0734. The molecule has 1 unspecified atom stereocenters. The highest BCUT2D eigenvalue weighted by Gasteiger charge is 2.09. The summed E-state index contributed by atoms with van der Waals surface area (Å²) in [4.78, 5) is 12.5. The Labute approximate surface area is 202 Å². The fourth-order valence-electron chi connectivity index (χ4n) is 3.16. The molecular weight excluding hydrogens is 428 g/mol. The minimum atomic E-state index is -0.404. The van der Waals surface area contributed by atoms with E-state index in [-0.39, 0.29) is 0 Å². The van der Waals surface area contributed by atoms with Crippen molar-refractivity contribution in [1.82, 2.24) is 0 Å². The number of rotatable bonds is 13. The predicted octanol–water partition coefficient (Wildman–Crippen LogP) is 6.80. The summed E-state index contributed by atoms with van der Waals surface area (Å²) in [5.41, 5.74) is 2.59. The van der Waals surface area contributed by atoms with Gasteiger partial charge in [-0.2, -0.15) is 0 Å². The Morgan fingerprint density at radius 3 is 1.88 bits per heavy atom. The Bertz CT molecular complexity index is 994. The first-order valence-electron chi connectivity index (χ1n) is 11.9. The molecule has 5 heteroatoms. The van der Waals surface area contributed by atoms with Crippen molar-refractivity contribution in [2.24, 2.45) is 5.92 Å². The van der Waals surface area contributed by atoms with E-state index in [4.69, 9.17) is 18.9 Å². The summed E-state index contributed by atoms with van der Waals surface area (Å²) in [6.07, 6.45) is 1.92. The topological polar surface area (TPSA) is 54.0 Å². The molecular formula is C29H34O5. The number of hydrogen-bond donors (Lipinski definition) is 0. The zero-order chi connectivity index (χ0) is 24.2. The zero-order valence-electron chi connectivity index (χ0n) is 20.3. The lowest BCUT2D eigenvalue weighted by atomic mass is 10.1. The summed E-state index contributed by atoms with van der Waals surface area (Å²) >= 11 is 0. The zero-order valence-corrected chi connectivity index (χ0v) is 20.3. The van der Waals surface area contributed by atoms with Crippen LogP contribution in [0.3, 0.4) is 0 Å². The van der Waals surface area contributed by atoms with Crippen LogP contribution in [0.1, 0.15) is 44.0 Å². The molecule has 0 fully saturated rings. The van der Waals surface area contributed by atoms with Crippen LogP contribution in [0.4, 0.5) is 0 Å². The maximum Gasteiger partial charge on any atom is 0.343 e. The van der Waals surface area contributed by atoms with Gasteiger partial charge in [0.05, 0.1) is 18.8 Å². The Hall–Kier alpha value is -3.31. The third kappa shape index (κ3) is 7.92. The first kappa shape index (κ1) is 25.3. The van der Waals surface area contributed by atoms with Crippen molar-refractivity contribution in [2.45, 2.75) is 33.6 Å². The molecule has 0 amide bonds. The molecule has 0 heterocycles. The number of carbonyl (C=O) groups excluding carboxylic acids is 1. The summed E-state index contributed by atoms with van der Waals surface area (Å²) in [6, 6.07) is 22.5. The maximum absolute atomic E-state index is 12.5. The largest absolute Gasteiger partial charge is 0.494 e. The van der Waals surface area contributed by atoms with Gasteiger partial charge in [0.2, 0.25) is 0 Å². The van der Waals surface area contributed by atoms with E-state index in [0.717, 1.165) is 36.3 Å². The van der Waals surface area contributed by atoms with Gasteiger partial charge >= 0.3 is 5.97 Å². The summed E-state index contributed by atoms with van der Waals surface area (Å²) < 4.78 is 22.3. The van der Waals surface area contributed by atoms with Crippen LogP contribution in [0.15, 0.2) is 72.8 Å². The van der Waals surface area contributed by atoms with Gasteiger partial charge in [-0.25, -0.2) is 4.79 Å². The average Bonchev–Trinajstić information content (AvgIpc) is 2.88. The van der Waals surface area contributed by atoms with E-state index < -0.39 is 5.97 Å². The van der Waals surface area contributed by atoms with Gasteiger partial charge in [-0.15, -0.1) is 0 Å². The molecule has 0 radical (unpaired) electrons. The van der Waals surface area contributed by atoms with Crippen molar-refractivity contribution in [3.63, 3.8) is 0 Å². The molecule has 0 aliphatic rings. The van der Waals surface area contributed by atoms with Crippen LogP contribution < -0.4 is 14.2 Å². The lowest BCUT2D eigenvalue weighted by Crippen LogP contribution is -2.08. The SMILES string of the molecule is CCOCCCOc1ccc(C(=O)Oc2ccc(-c3ccc(OCC(C)CC)cc3)cc2)cc1. The normalized spacial score (nSPS) is 11.6. The Balaban J connectivity index is 1.50. The third-order valence-corrected chi connectivity index (χ3v) is 5.48. The Morgan fingerprint density at radius 1 is 0.735 bits per heavy atom. The standard InChI is InChI=1S/C29H34O5/c1-4-22(3)21-33-27-13-7-23(8-14-27)24-9-17-28(18-10-24)34-29(30)25-11-15-26(16-12-25)32-20-6-19-31-5-2/h7-18,22H,4-6,19-21H2,1-3H3. The highest BCUT2D eigenvalue weighted by atomic mass is 16.5. The highest BCUT2D eigenvalue weighted by molar-refractivity contribution is 5.91.